The molecule has 1 aromatic rings. The number of ether oxygens (including phenoxy) is 3. The van der Waals surface area contributed by atoms with E-state index in [1.807, 2.05) is 13.8 Å². The maximum Gasteiger partial charge on any atom is 0.131 e. The fraction of sp³-hybridized carbons (Fsp3) is 0.600. The van der Waals surface area contributed by atoms with Crippen LogP contribution in [-0.4, -0.2) is 40.1 Å². The van der Waals surface area contributed by atoms with Gasteiger partial charge in [0.25, 0.3) is 0 Å². The average Bonchev–Trinajstić information content (AvgIpc) is 2.43. The van der Waals surface area contributed by atoms with Crippen LogP contribution in [0, 0.1) is 5.82 Å². The molecule has 0 bridgehead atoms. The van der Waals surface area contributed by atoms with E-state index in [1.165, 1.54) is 6.07 Å². The minimum Gasteiger partial charge on any atom is -0.491 e. The molecule has 20 heavy (non-hydrogen) atoms. The molecule has 1 unspecified atom stereocenters. The van der Waals surface area contributed by atoms with Crippen LogP contribution in [0.15, 0.2) is 18.2 Å². The molecule has 5 heteroatoms. The first kappa shape index (κ1) is 16.9. The summed E-state index contributed by atoms with van der Waals surface area (Å²) in [6, 6.07) is 4.94. The van der Waals surface area contributed by atoms with E-state index in [-0.39, 0.29) is 11.9 Å². The largest absolute Gasteiger partial charge is 0.491 e. The van der Waals surface area contributed by atoms with Gasteiger partial charge in [0.15, 0.2) is 0 Å². The lowest BCUT2D eigenvalue weighted by molar-refractivity contribution is 0.0544. The fourth-order valence-electron chi connectivity index (χ4n) is 1.83. The van der Waals surface area contributed by atoms with Crippen molar-refractivity contribution >= 4 is 0 Å². The maximum absolute atomic E-state index is 13.9. The second-order valence-corrected chi connectivity index (χ2v) is 4.42. The Hall–Kier alpha value is -1.17. The number of rotatable bonds is 10. The molecule has 1 rings (SSSR count). The monoisotopic (exact) mass is 285 g/mol. The molecular formula is C15H24FNO3. The molecule has 0 amide bonds. The van der Waals surface area contributed by atoms with Crippen LogP contribution in [0.2, 0.25) is 0 Å². The standard InChI is InChI=1S/C15H24FNO3/c1-4-17-12(2)14-6-5-13(11-15(14)16)20-10-9-19-8-7-18-3/h5-6,11-12,17H,4,7-10H2,1-3H3. The summed E-state index contributed by atoms with van der Waals surface area (Å²) in [6.07, 6.45) is 0. The Morgan fingerprint density at radius 3 is 2.60 bits per heavy atom. The Kier molecular flexibility index (Phi) is 8.18. The van der Waals surface area contributed by atoms with E-state index >= 15 is 0 Å². The van der Waals surface area contributed by atoms with Crippen molar-refractivity contribution in [3.05, 3.63) is 29.6 Å². The topological polar surface area (TPSA) is 39.7 Å². The summed E-state index contributed by atoms with van der Waals surface area (Å²) >= 11 is 0. The summed E-state index contributed by atoms with van der Waals surface area (Å²) in [4.78, 5) is 0. The Balaban J connectivity index is 2.39. The zero-order valence-corrected chi connectivity index (χ0v) is 12.4. The molecule has 0 aromatic heterocycles. The summed E-state index contributed by atoms with van der Waals surface area (Å²) in [5.41, 5.74) is 0.649. The van der Waals surface area contributed by atoms with Crippen molar-refractivity contribution in [2.24, 2.45) is 0 Å². The average molecular weight is 285 g/mol. The van der Waals surface area contributed by atoms with Crippen molar-refractivity contribution < 1.29 is 18.6 Å². The summed E-state index contributed by atoms with van der Waals surface area (Å²) in [5.74, 6) is 0.265. The lowest BCUT2D eigenvalue weighted by Crippen LogP contribution is -2.18. The van der Waals surface area contributed by atoms with Crippen LogP contribution < -0.4 is 10.1 Å². The summed E-state index contributed by atoms with van der Waals surface area (Å²) < 4.78 is 29.5. The van der Waals surface area contributed by atoms with E-state index < -0.39 is 0 Å². The molecule has 1 aromatic carbocycles. The Labute approximate surface area is 120 Å². The van der Waals surface area contributed by atoms with Crippen molar-refractivity contribution in [3.8, 4) is 5.75 Å². The molecule has 0 spiro atoms. The molecule has 0 heterocycles. The molecule has 114 valence electrons. The Bertz CT molecular complexity index is 387. The highest BCUT2D eigenvalue weighted by Crippen LogP contribution is 2.21. The van der Waals surface area contributed by atoms with E-state index in [9.17, 15) is 4.39 Å². The van der Waals surface area contributed by atoms with Crippen LogP contribution in [0.4, 0.5) is 4.39 Å². The molecule has 0 radical (unpaired) electrons. The molecule has 0 aliphatic carbocycles. The van der Waals surface area contributed by atoms with Gasteiger partial charge >= 0.3 is 0 Å². The molecule has 1 atom stereocenters. The molecule has 0 aliphatic rings. The summed E-state index contributed by atoms with van der Waals surface area (Å²) in [6.45, 7) is 6.68. The van der Waals surface area contributed by atoms with Crippen LogP contribution in [-0.2, 0) is 9.47 Å². The van der Waals surface area contributed by atoms with Crippen molar-refractivity contribution in [2.45, 2.75) is 19.9 Å². The fourth-order valence-corrected chi connectivity index (χ4v) is 1.83. The highest BCUT2D eigenvalue weighted by atomic mass is 19.1. The highest BCUT2D eigenvalue weighted by molar-refractivity contribution is 5.30. The van der Waals surface area contributed by atoms with Gasteiger partial charge in [-0.3, -0.25) is 0 Å². The second kappa shape index (κ2) is 9.69. The number of benzene rings is 1. The lowest BCUT2D eigenvalue weighted by atomic mass is 10.1. The summed E-state index contributed by atoms with van der Waals surface area (Å²) in [5, 5.41) is 3.18. The van der Waals surface area contributed by atoms with Crippen LogP contribution in [0.3, 0.4) is 0 Å². The zero-order chi connectivity index (χ0) is 14.8. The maximum atomic E-state index is 13.9. The van der Waals surface area contributed by atoms with Crippen molar-refractivity contribution in [1.29, 1.82) is 0 Å². The van der Waals surface area contributed by atoms with Crippen LogP contribution in [0.1, 0.15) is 25.5 Å². The van der Waals surface area contributed by atoms with Gasteiger partial charge in [0.1, 0.15) is 18.2 Å². The van der Waals surface area contributed by atoms with E-state index in [1.54, 1.807) is 19.2 Å². The van der Waals surface area contributed by atoms with Gasteiger partial charge in [-0.1, -0.05) is 13.0 Å². The number of hydrogen-bond donors (Lipinski definition) is 1. The van der Waals surface area contributed by atoms with E-state index in [0.717, 1.165) is 6.54 Å². The van der Waals surface area contributed by atoms with Crippen LogP contribution in [0.5, 0.6) is 5.75 Å². The Morgan fingerprint density at radius 1 is 1.20 bits per heavy atom. The van der Waals surface area contributed by atoms with Gasteiger partial charge in [-0.15, -0.1) is 0 Å². The second-order valence-electron chi connectivity index (χ2n) is 4.42. The first-order valence-corrected chi connectivity index (χ1v) is 6.91. The molecule has 0 saturated carbocycles. The normalized spacial score (nSPS) is 12.4. The first-order valence-electron chi connectivity index (χ1n) is 6.91. The van der Waals surface area contributed by atoms with Crippen LogP contribution >= 0.6 is 0 Å². The predicted octanol–water partition coefficient (Wildman–Crippen LogP) is 2.54. The smallest absolute Gasteiger partial charge is 0.131 e. The molecular weight excluding hydrogens is 261 g/mol. The van der Waals surface area contributed by atoms with Gasteiger partial charge in [0, 0.05) is 24.8 Å². The van der Waals surface area contributed by atoms with Gasteiger partial charge in [-0.25, -0.2) is 4.39 Å². The number of halogens is 1. The van der Waals surface area contributed by atoms with Crippen LogP contribution in [0.25, 0.3) is 0 Å². The summed E-state index contributed by atoms with van der Waals surface area (Å²) in [7, 11) is 1.62. The predicted molar refractivity (Wildman–Crippen MR) is 76.7 cm³/mol. The Morgan fingerprint density at radius 2 is 1.95 bits per heavy atom. The molecule has 0 saturated heterocycles. The van der Waals surface area contributed by atoms with E-state index in [4.69, 9.17) is 14.2 Å². The lowest BCUT2D eigenvalue weighted by Gasteiger charge is -2.14. The van der Waals surface area contributed by atoms with Gasteiger partial charge in [-0.05, 0) is 19.5 Å². The van der Waals surface area contributed by atoms with Crippen molar-refractivity contribution in [3.63, 3.8) is 0 Å². The molecule has 0 aliphatic heterocycles. The third kappa shape index (κ3) is 5.86. The zero-order valence-electron chi connectivity index (χ0n) is 12.4. The van der Waals surface area contributed by atoms with Gasteiger partial charge in [-0.2, -0.15) is 0 Å². The van der Waals surface area contributed by atoms with Crippen molar-refractivity contribution in [2.75, 3.05) is 40.1 Å². The quantitative estimate of drug-likeness (QED) is 0.671. The molecule has 4 nitrogen and oxygen atoms in total. The first-order chi connectivity index (χ1) is 9.69. The minimum atomic E-state index is -0.253. The van der Waals surface area contributed by atoms with Gasteiger partial charge in [0.2, 0.25) is 0 Å². The molecule has 0 fully saturated rings. The minimum absolute atomic E-state index is 0.00794. The van der Waals surface area contributed by atoms with Gasteiger partial charge in [0.05, 0.1) is 19.8 Å². The van der Waals surface area contributed by atoms with Crippen molar-refractivity contribution in [1.82, 2.24) is 5.32 Å². The highest BCUT2D eigenvalue weighted by Gasteiger charge is 2.10. The number of methoxy groups -OCH3 is 1. The van der Waals surface area contributed by atoms with E-state index in [0.29, 0.717) is 37.7 Å². The number of nitrogens with one attached hydrogen (secondary N) is 1. The molecule has 1 N–H and O–H groups in total. The third-order valence-electron chi connectivity index (χ3n) is 2.88. The van der Waals surface area contributed by atoms with E-state index in [2.05, 4.69) is 5.32 Å². The third-order valence-corrected chi connectivity index (χ3v) is 2.88. The SMILES string of the molecule is CCNC(C)c1ccc(OCCOCCOC)cc1F. The van der Waals surface area contributed by atoms with Gasteiger partial charge < -0.3 is 19.5 Å². The number of hydrogen-bond acceptors (Lipinski definition) is 4.